The minimum absolute atomic E-state index is 0.0104. The van der Waals surface area contributed by atoms with Gasteiger partial charge >= 0.3 is 5.97 Å². The van der Waals surface area contributed by atoms with Crippen LogP contribution in [0.15, 0.2) is 29.2 Å². The number of hydrogen-bond acceptors (Lipinski definition) is 5. The van der Waals surface area contributed by atoms with Crippen LogP contribution >= 0.6 is 0 Å². The summed E-state index contributed by atoms with van der Waals surface area (Å²) in [6.07, 6.45) is 3.77. The number of fused-ring (bicyclic) bond motifs is 4. The van der Waals surface area contributed by atoms with Gasteiger partial charge in [0.15, 0.2) is 16.9 Å². The number of aromatic carboxylic acids is 1. The summed E-state index contributed by atoms with van der Waals surface area (Å²) in [6.45, 7) is 8.71. The third kappa shape index (κ3) is 4.32. The van der Waals surface area contributed by atoms with Crippen LogP contribution in [0.4, 0.5) is 0 Å². The Hall–Kier alpha value is -2.80. The van der Waals surface area contributed by atoms with Gasteiger partial charge in [-0.15, -0.1) is 0 Å². The number of nitrogens with zero attached hydrogens (tertiary/aromatic N) is 1. The Morgan fingerprint density at radius 2 is 1.68 bits per heavy atom. The van der Waals surface area contributed by atoms with E-state index in [-0.39, 0.29) is 17.0 Å². The molecule has 166 valence electrons. The van der Waals surface area contributed by atoms with E-state index in [4.69, 9.17) is 14.2 Å². The van der Waals surface area contributed by atoms with E-state index in [2.05, 4.69) is 20.8 Å². The molecule has 2 aromatic rings. The first-order valence-electron chi connectivity index (χ1n) is 10.8. The van der Waals surface area contributed by atoms with E-state index in [1.807, 2.05) is 16.7 Å². The van der Waals surface area contributed by atoms with Gasteiger partial charge in [0.1, 0.15) is 5.56 Å². The third-order valence-electron chi connectivity index (χ3n) is 5.89. The zero-order valence-electron chi connectivity index (χ0n) is 18.3. The van der Waals surface area contributed by atoms with E-state index >= 15 is 0 Å². The van der Waals surface area contributed by atoms with Crippen molar-refractivity contribution < 1.29 is 24.1 Å². The zero-order chi connectivity index (χ0) is 22.2. The van der Waals surface area contributed by atoms with Gasteiger partial charge < -0.3 is 23.9 Å². The molecular formula is C24H29NO6. The molecule has 31 heavy (non-hydrogen) atoms. The second-order valence-corrected chi connectivity index (χ2v) is 9.21. The van der Waals surface area contributed by atoms with Gasteiger partial charge in [-0.1, -0.05) is 20.8 Å². The standard InChI is InChI=1S/C24H29NO6/c1-24(2,3)22-11-15-10-20-21(31-9-5-7-29-6-4-8-30-20)12-16(15)18-13-19(26)17(23(27)28)14-25(18)22/h10,12-14,22H,4-9,11H2,1-3H3,(H,27,28). The molecule has 1 unspecified atom stereocenters. The summed E-state index contributed by atoms with van der Waals surface area (Å²) in [5, 5.41) is 9.48. The molecule has 4 rings (SSSR count). The topological polar surface area (TPSA) is 87.0 Å². The van der Waals surface area contributed by atoms with Crippen molar-refractivity contribution in [3.8, 4) is 22.8 Å². The lowest BCUT2D eigenvalue weighted by Crippen LogP contribution is -2.32. The fourth-order valence-electron chi connectivity index (χ4n) is 4.24. The largest absolute Gasteiger partial charge is 0.490 e. The quantitative estimate of drug-likeness (QED) is 0.742. The number of ether oxygens (including phenoxy) is 3. The summed E-state index contributed by atoms with van der Waals surface area (Å²) in [7, 11) is 0. The average Bonchev–Trinajstić information content (AvgIpc) is 2.75. The van der Waals surface area contributed by atoms with Crippen LogP contribution in [0.5, 0.6) is 11.5 Å². The minimum Gasteiger partial charge on any atom is -0.490 e. The summed E-state index contributed by atoms with van der Waals surface area (Å²) in [4.78, 5) is 24.1. The Bertz CT molecular complexity index is 1050. The van der Waals surface area contributed by atoms with Crippen molar-refractivity contribution >= 4 is 5.97 Å². The summed E-state index contributed by atoms with van der Waals surface area (Å²) in [6, 6.07) is 5.37. The van der Waals surface area contributed by atoms with Crippen LogP contribution in [0.2, 0.25) is 0 Å². The Morgan fingerprint density at radius 1 is 1.03 bits per heavy atom. The highest BCUT2D eigenvalue weighted by Crippen LogP contribution is 2.45. The number of carboxylic acids is 1. The van der Waals surface area contributed by atoms with Crippen molar-refractivity contribution in [1.82, 2.24) is 4.57 Å². The van der Waals surface area contributed by atoms with Gasteiger partial charge in [0.05, 0.1) is 18.9 Å². The second-order valence-electron chi connectivity index (χ2n) is 9.21. The Morgan fingerprint density at radius 3 is 2.29 bits per heavy atom. The van der Waals surface area contributed by atoms with Gasteiger partial charge in [0.2, 0.25) is 0 Å². The van der Waals surface area contributed by atoms with E-state index in [1.165, 1.54) is 12.3 Å². The molecular weight excluding hydrogens is 398 g/mol. The third-order valence-corrected chi connectivity index (χ3v) is 5.89. The van der Waals surface area contributed by atoms with Gasteiger partial charge in [-0.05, 0) is 29.5 Å². The normalized spacial score (nSPS) is 19.0. The smallest absolute Gasteiger partial charge is 0.341 e. The van der Waals surface area contributed by atoms with Crippen molar-refractivity contribution in [1.29, 1.82) is 0 Å². The number of rotatable bonds is 1. The van der Waals surface area contributed by atoms with Crippen LogP contribution in [-0.2, 0) is 11.2 Å². The summed E-state index contributed by atoms with van der Waals surface area (Å²) < 4.78 is 19.5. The number of carbonyl (C=O) groups is 1. The van der Waals surface area contributed by atoms with Crippen LogP contribution in [-0.4, -0.2) is 42.1 Å². The highest BCUT2D eigenvalue weighted by Gasteiger charge is 2.34. The maximum atomic E-state index is 12.5. The number of carboxylic acid groups (broad SMARTS) is 1. The first-order valence-corrected chi connectivity index (χ1v) is 10.8. The number of benzene rings is 1. The molecule has 2 aliphatic rings. The predicted molar refractivity (Wildman–Crippen MR) is 116 cm³/mol. The number of aromatic nitrogens is 1. The molecule has 0 bridgehead atoms. The lowest BCUT2D eigenvalue weighted by Gasteiger charge is -2.39. The Kier molecular flexibility index (Phi) is 5.79. The van der Waals surface area contributed by atoms with Gasteiger partial charge in [-0.2, -0.15) is 0 Å². The van der Waals surface area contributed by atoms with Gasteiger partial charge in [0, 0.05) is 49.9 Å². The lowest BCUT2D eigenvalue weighted by molar-refractivity contribution is 0.0693. The molecule has 1 aromatic carbocycles. The van der Waals surface area contributed by atoms with Crippen molar-refractivity contribution in [3.05, 3.63) is 45.7 Å². The molecule has 1 atom stereocenters. The van der Waals surface area contributed by atoms with Gasteiger partial charge in [0.25, 0.3) is 0 Å². The van der Waals surface area contributed by atoms with Crippen molar-refractivity contribution in [2.45, 2.75) is 46.1 Å². The summed E-state index contributed by atoms with van der Waals surface area (Å²) in [5.41, 5.74) is 1.80. The average molecular weight is 427 g/mol. The molecule has 0 radical (unpaired) electrons. The molecule has 7 heteroatoms. The molecule has 2 aliphatic heterocycles. The Labute approximate surface area is 181 Å². The van der Waals surface area contributed by atoms with Crippen LogP contribution in [0, 0.1) is 5.41 Å². The molecule has 0 saturated carbocycles. The molecule has 0 aliphatic carbocycles. The van der Waals surface area contributed by atoms with E-state index < -0.39 is 11.4 Å². The van der Waals surface area contributed by atoms with Gasteiger partial charge in [-0.3, -0.25) is 4.79 Å². The van der Waals surface area contributed by atoms with Crippen LogP contribution in [0.25, 0.3) is 11.3 Å². The van der Waals surface area contributed by atoms with Crippen molar-refractivity contribution in [3.63, 3.8) is 0 Å². The fraction of sp³-hybridized carbons (Fsp3) is 0.500. The lowest BCUT2D eigenvalue weighted by atomic mass is 9.78. The van der Waals surface area contributed by atoms with E-state index in [1.54, 1.807) is 0 Å². The molecule has 3 heterocycles. The molecule has 7 nitrogen and oxygen atoms in total. The monoisotopic (exact) mass is 427 g/mol. The van der Waals surface area contributed by atoms with E-state index in [0.717, 1.165) is 24.0 Å². The summed E-state index contributed by atoms with van der Waals surface area (Å²) >= 11 is 0. The predicted octanol–water partition coefficient (Wildman–Crippen LogP) is 3.92. The minimum atomic E-state index is -1.21. The Balaban J connectivity index is 1.87. The van der Waals surface area contributed by atoms with Crippen LogP contribution in [0.3, 0.4) is 0 Å². The maximum absolute atomic E-state index is 12.5. The number of pyridine rings is 1. The van der Waals surface area contributed by atoms with E-state index in [0.29, 0.717) is 50.0 Å². The van der Waals surface area contributed by atoms with Gasteiger partial charge in [-0.25, -0.2) is 4.79 Å². The molecule has 0 spiro atoms. The number of hydrogen-bond donors (Lipinski definition) is 1. The molecule has 1 aromatic heterocycles. The highest BCUT2D eigenvalue weighted by atomic mass is 16.5. The SMILES string of the molecule is CC(C)(C)C1Cc2cc3c(cc2-c2cc(=O)c(C(=O)O)cn21)OCCCOCCCO3. The van der Waals surface area contributed by atoms with Crippen LogP contribution < -0.4 is 14.9 Å². The van der Waals surface area contributed by atoms with Crippen LogP contribution in [0.1, 0.15) is 55.6 Å². The first kappa shape index (κ1) is 21.4. The second kappa shape index (κ2) is 8.38. The summed E-state index contributed by atoms with van der Waals surface area (Å²) in [5.74, 6) is 0.127. The highest BCUT2D eigenvalue weighted by molar-refractivity contribution is 5.88. The molecule has 1 N–H and O–H groups in total. The molecule has 0 amide bonds. The molecule has 0 saturated heterocycles. The van der Waals surface area contributed by atoms with E-state index in [9.17, 15) is 14.7 Å². The van der Waals surface area contributed by atoms with Crippen molar-refractivity contribution in [2.24, 2.45) is 5.41 Å². The van der Waals surface area contributed by atoms with Crippen molar-refractivity contribution in [2.75, 3.05) is 26.4 Å². The first-order chi connectivity index (χ1) is 14.8. The molecule has 0 fully saturated rings. The fourth-order valence-corrected chi connectivity index (χ4v) is 4.24. The zero-order valence-corrected chi connectivity index (χ0v) is 18.3. The maximum Gasteiger partial charge on any atom is 0.341 e.